The minimum atomic E-state index is -2.97. The molecule has 0 aromatic heterocycles. The lowest BCUT2D eigenvalue weighted by molar-refractivity contribution is 0.136. The quantitative estimate of drug-likeness (QED) is 0.735. The molecule has 8 heteroatoms. The van der Waals surface area contributed by atoms with Crippen molar-refractivity contribution in [3.05, 3.63) is 0 Å². The number of amides is 1. The number of rotatable bonds is 1. The first-order valence-corrected chi connectivity index (χ1v) is 8.84. The standard InChI is InChI=1S/C6H14N2O2S.C6H11NO2/c1-11(9,10)8-4-2-6(7)3-5-8;8-6(9)7-4-2-1-3-5-7/h6H,2-5,7H2,1H3;1-5H2,(H,8,9). The Morgan fingerprint density at radius 3 is 1.95 bits per heavy atom. The van der Waals surface area contributed by atoms with E-state index in [4.69, 9.17) is 10.8 Å². The summed E-state index contributed by atoms with van der Waals surface area (Å²) in [5, 5.41) is 8.46. The fraction of sp³-hybridized carbons (Fsp3) is 0.917. The predicted molar refractivity (Wildman–Crippen MR) is 77.1 cm³/mol. The number of nitrogens with two attached hydrogens (primary N) is 1. The molecule has 2 aliphatic rings. The van der Waals surface area contributed by atoms with Crippen LogP contribution in [0.25, 0.3) is 0 Å². The highest BCUT2D eigenvalue weighted by Gasteiger charge is 2.22. The Labute approximate surface area is 120 Å². The Kier molecular flexibility index (Phi) is 6.70. The lowest BCUT2D eigenvalue weighted by Gasteiger charge is -2.27. The molecule has 2 heterocycles. The third kappa shape index (κ3) is 6.06. The van der Waals surface area contributed by atoms with Gasteiger partial charge in [-0.15, -0.1) is 0 Å². The average molecular weight is 307 g/mol. The topological polar surface area (TPSA) is 104 Å². The van der Waals surface area contributed by atoms with Gasteiger partial charge in [0.15, 0.2) is 0 Å². The molecule has 118 valence electrons. The molecule has 2 fully saturated rings. The van der Waals surface area contributed by atoms with Crippen LogP contribution in [0.4, 0.5) is 4.79 Å². The average Bonchev–Trinajstić information content (AvgIpc) is 2.40. The van der Waals surface area contributed by atoms with Crippen molar-refractivity contribution in [3.8, 4) is 0 Å². The summed E-state index contributed by atoms with van der Waals surface area (Å²) in [6.07, 6.45) is 5.29. The first-order valence-electron chi connectivity index (χ1n) is 6.99. The van der Waals surface area contributed by atoms with Crippen molar-refractivity contribution in [2.75, 3.05) is 32.4 Å². The number of carboxylic acid groups (broad SMARTS) is 1. The SMILES string of the molecule is CS(=O)(=O)N1CCC(N)CC1.O=C(O)N1CCCCC1. The normalized spacial score (nSPS) is 22.0. The molecular weight excluding hydrogens is 282 g/mol. The summed E-state index contributed by atoms with van der Waals surface area (Å²) in [6.45, 7) is 2.63. The van der Waals surface area contributed by atoms with Gasteiger partial charge in [-0.05, 0) is 32.1 Å². The maximum Gasteiger partial charge on any atom is 0.407 e. The summed E-state index contributed by atoms with van der Waals surface area (Å²) in [6, 6.07) is 0.188. The number of carbonyl (C=O) groups is 1. The Balaban J connectivity index is 0.000000204. The third-order valence-corrected chi connectivity index (χ3v) is 4.90. The maximum absolute atomic E-state index is 11.0. The second-order valence-corrected chi connectivity index (χ2v) is 7.31. The zero-order chi connectivity index (χ0) is 15.2. The summed E-state index contributed by atoms with van der Waals surface area (Å²) in [4.78, 5) is 11.8. The van der Waals surface area contributed by atoms with Crippen molar-refractivity contribution in [2.24, 2.45) is 5.73 Å². The van der Waals surface area contributed by atoms with Crippen LogP contribution in [0.5, 0.6) is 0 Å². The van der Waals surface area contributed by atoms with E-state index in [0.717, 1.165) is 38.8 Å². The van der Waals surface area contributed by atoms with Crippen LogP contribution in [0.2, 0.25) is 0 Å². The van der Waals surface area contributed by atoms with Crippen molar-refractivity contribution < 1.29 is 18.3 Å². The van der Waals surface area contributed by atoms with Gasteiger partial charge in [-0.2, -0.15) is 0 Å². The van der Waals surface area contributed by atoms with Crippen LogP contribution >= 0.6 is 0 Å². The molecule has 20 heavy (non-hydrogen) atoms. The Bertz CT molecular complexity index is 399. The summed E-state index contributed by atoms with van der Waals surface area (Å²) in [5.74, 6) is 0. The number of nitrogens with zero attached hydrogens (tertiary/aromatic N) is 2. The molecule has 2 rings (SSSR count). The van der Waals surface area contributed by atoms with Crippen molar-refractivity contribution in [1.82, 2.24) is 9.21 Å². The lowest BCUT2D eigenvalue weighted by atomic mass is 10.1. The molecule has 1 amide bonds. The molecule has 0 aromatic carbocycles. The zero-order valence-electron chi connectivity index (χ0n) is 12.0. The van der Waals surface area contributed by atoms with Gasteiger partial charge in [-0.3, -0.25) is 0 Å². The highest BCUT2D eigenvalue weighted by atomic mass is 32.2. The van der Waals surface area contributed by atoms with Crippen LogP contribution in [-0.4, -0.2) is 67.3 Å². The number of likely N-dealkylation sites (tertiary alicyclic amines) is 1. The fourth-order valence-electron chi connectivity index (χ4n) is 2.29. The third-order valence-electron chi connectivity index (χ3n) is 3.59. The van der Waals surface area contributed by atoms with Crippen LogP contribution in [0.3, 0.4) is 0 Å². The van der Waals surface area contributed by atoms with Crippen molar-refractivity contribution >= 4 is 16.1 Å². The van der Waals surface area contributed by atoms with E-state index in [1.165, 1.54) is 21.9 Å². The van der Waals surface area contributed by atoms with Gasteiger partial charge in [0.25, 0.3) is 0 Å². The van der Waals surface area contributed by atoms with Gasteiger partial charge in [0.05, 0.1) is 6.26 Å². The number of hydrogen-bond donors (Lipinski definition) is 2. The Morgan fingerprint density at radius 2 is 1.60 bits per heavy atom. The lowest BCUT2D eigenvalue weighted by Crippen LogP contribution is -2.42. The van der Waals surface area contributed by atoms with Gasteiger partial charge in [-0.25, -0.2) is 17.5 Å². The minimum Gasteiger partial charge on any atom is -0.465 e. The number of sulfonamides is 1. The van der Waals surface area contributed by atoms with Gasteiger partial charge in [0.1, 0.15) is 0 Å². The summed E-state index contributed by atoms with van der Waals surface area (Å²) in [7, 11) is -2.97. The molecule has 0 unspecified atom stereocenters. The highest BCUT2D eigenvalue weighted by Crippen LogP contribution is 2.10. The molecule has 2 saturated heterocycles. The van der Waals surface area contributed by atoms with E-state index < -0.39 is 16.1 Å². The summed E-state index contributed by atoms with van der Waals surface area (Å²) < 4.78 is 23.4. The first kappa shape index (κ1) is 17.2. The van der Waals surface area contributed by atoms with Crippen molar-refractivity contribution in [2.45, 2.75) is 38.1 Å². The van der Waals surface area contributed by atoms with E-state index >= 15 is 0 Å². The molecule has 3 N–H and O–H groups in total. The highest BCUT2D eigenvalue weighted by molar-refractivity contribution is 7.88. The van der Waals surface area contributed by atoms with Gasteiger partial charge in [0.2, 0.25) is 10.0 Å². The van der Waals surface area contributed by atoms with Crippen LogP contribution in [0.15, 0.2) is 0 Å². The number of piperidine rings is 2. The maximum atomic E-state index is 11.0. The van der Waals surface area contributed by atoms with Crippen LogP contribution in [-0.2, 0) is 10.0 Å². The molecule has 0 aliphatic carbocycles. The molecule has 0 bridgehead atoms. The van der Waals surface area contributed by atoms with E-state index in [1.807, 2.05) is 0 Å². The summed E-state index contributed by atoms with van der Waals surface area (Å²) >= 11 is 0. The van der Waals surface area contributed by atoms with Crippen molar-refractivity contribution in [3.63, 3.8) is 0 Å². The monoisotopic (exact) mass is 307 g/mol. The molecule has 7 nitrogen and oxygen atoms in total. The van der Waals surface area contributed by atoms with Gasteiger partial charge >= 0.3 is 6.09 Å². The van der Waals surface area contributed by atoms with Gasteiger partial charge < -0.3 is 15.7 Å². The first-order chi connectivity index (χ1) is 9.30. The predicted octanol–water partition coefficient (Wildman–Crippen LogP) is 0.519. The second kappa shape index (κ2) is 7.80. The van der Waals surface area contributed by atoms with Crippen LogP contribution < -0.4 is 5.73 Å². The molecule has 0 atom stereocenters. The Morgan fingerprint density at radius 1 is 1.10 bits per heavy atom. The van der Waals surface area contributed by atoms with E-state index in [2.05, 4.69) is 0 Å². The van der Waals surface area contributed by atoms with Crippen molar-refractivity contribution in [1.29, 1.82) is 0 Å². The fourth-order valence-corrected chi connectivity index (χ4v) is 3.17. The molecular formula is C12H25N3O4S. The smallest absolute Gasteiger partial charge is 0.407 e. The van der Waals surface area contributed by atoms with E-state index in [-0.39, 0.29) is 6.04 Å². The largest absolute Gasteiger partial charge is 0.465 e. The van der Waals surface area contributed by atoms with Crippen LogP contribution in [0, 0.1) is 0 Å². The number of hydrogen-bond acceptors (Lipinski definition) is 4. The second-order valence-electron chi connectivity index (χ2n) is 5.33. The van der Waals surface area contributed by atoms with E-state index in [0.29, 0.717) is 13.1 Å². The van der Waals surface area contributed by atoms with E-state index in [1.54, 1.807) is 0 Å². The summed E-state index contributed by atoms with van der Waals surface area (Å²) in [5.41, 5.74) is 5.62. The molecule has 0 saturated carbocycles. The van der Waals surface area contributed by atoms with Gasteiger partial charge in [-0.1, -0.05) is 0 Å². The van der Waals surface area contributed by atoms with Gasteiger partial charge in [0, 0.05) is 32.2 Å². The molecule has 0 radical (unpaired) electrons. The minimum absolute atomic E-state index is 0.188. The molecule has 0 aromatic rings. The molecule has 0 spiro atoms. The van der Waals surface area contributed by atoms with E-state index in [9.17, 15) is 13.2 Å². The zero-order valence-corrected chi connectivity index (χ0v) is 12.8. The van der Waals surface area contributed by atoms with Crippen LogP contribution in [0.1, 0.15) is 32.1 Å². The molecule has 2 aliphatic heterocycles. The Hall–Kier alpha value is -0.860.